The number of aromatic hydroxyl groups is 1. The van der Waals surface area contributed by atoms with E-state index in [1.807, 2.05) is 99.7 Å². The van der Waals surface area contributed by atoms with Crippen molar-refractivity contribution in [1.82, 2.24) is 15.3 Å². The van der Waals surface area contributed by atoms with E-state index in [1.54, 1.807) is 30.6 Å². The molecule has 2 heterocycles. The SMILES string of the molecule is C1CCC(NC2CCCCC2)CC1.CC/C=C\CC1C(=O)CCC1CC(=O)O.CC/C=C\CC1C(=O)CCC1CC(=O)O.CC/C=C\CC1C(=O)CCC1CC(=O)O.CC/C=C\CC1C(=O)CCC1CC(=O)Oc1cccc2cccnc12.Oc1cccc2cccnc12. The Balaban J connectivity index is 0.000000209. The number of Topliss-reactive ketones (excluding diaryl/α,β-unsaturated/α-hetero) is 4. The van der Waals surface area contributed by atoms with Gasteiger partial charge in [-0.15, -0.1) is 0 Å². The summed E-state index contributed by atoms with van der Waals surface area (Å²) >= 11 is 0. The third-order valence-corrected chi connectivity index (χ3v) is 19.0. The molecule has 0 aliphatic heterocycles. The lowest BCUT2D eigenvalue weighted by Gasteiger charge is -2.30. The van der Waals surface area contributed by atoms with Crippen molar-refractivity contribution in [1.29, 1.82) is 0 Å². The van der Waals surface area contributed by atoms with Crippen LogP contribution in [0, 0.1) is 47.3 Å². The molecule has 5 N–H and O–H groups in total. The van der Waals surface area contributed by atoms with Gasteiger partial charge in [0.2, 0.25) is 0 Å². The number of hydrogen-bond donors (Lipinski definition) is 5. The summed E-state index contributed by atoms with van der Waals surface area (Å²) in [6.07, 6.45) is 46.8. The summed E-state index contributed by atoms with van der Waals surface area (Å²) in [6.45, 7) is 8.20. The van der Waals surface area contributed by atoms with Crippen LogP contribution >= 0.6 is 0 Å². The molecule has 0 bridgehead atoms. The average Bonchev–Trinajstić information content (AvgIpc) is 1.71. The molecule has 6 aliphatic rings. The molecule has 4 aromatic rings. The molecule has 2 aromatic heterocycles. The number of nitrogens with zero attached hydrogens (tertiary/aromatic N) is 2. The summed E-state index contributed by atoms with van der Waals surface area (Å²) in [5, 5.41) is 41.2. The van der Waals surface area contributed by atoms with Gasteiger partial charge in [-0.2, -0.15) is 0 Å². The topological polar surface area (TPSA) is 265 Å². The first kappa shape index (κ1) is 77.2. The molecule has 6 saturated carbocycles. The van der Waals surface area contributed by atoms with Crippen molar-refractivity contribution in [2.24, 2.45) is 47.3 Å². The second-order valence-corrected chi connectivity index (χ2v) is 25.9. The fraction of sp³-hybridized carbons (Fsp3) is 0.564. The van der Waals surface area contributed by atoms with Crippen LogP contribution in [-0.4, -0.2) is 89.5 Å². The summed E-state index contributed by atoms with van der Waals surface area (Å²) in [5.41, 5.74) is 1.35. The van der Waals surface area contributed by atoms with E-state index in [-0.39, 0.29) is 108 Å². The molecule has 0 amide bonds. The number of aliphatic carboxylic acids is 3. The molecule has 6 fully saturated rings. The van der Waals surface area contributed by atoms with E-state index in [0.717, 1.165) is 80.6 Å². The van der Waals surface area contributed by atoms with Gasteiger partial charge in [-0.1, -0.05) is 151 Å². The van der Waals surface area contributed by atoms with Crippen molar-refractivity contribution < 1.29 is 63.5 Å². The molecule has 8 atom stereocenters. The lowest BCUT2D eigenvalue weighted by Crippen LogP contribution is -2.40. The quantitative estimate of drug-likeness (QED) is 0.0262. The molecule has 2 aromatic carbocycles. The van der Waals surface area contributed by atoms with Crippen LogP contribution < -0.4 is 10.1 Å². The highest BCUT2D eigenvalue weighted by atomic mass is 16.5. The van der Waals surface area contributed by atoms with Gasteiger partial charge < -0.3 is 30.5 Å². The van der Waals surface area contributed by atoms with Crippen LogP contribution in [-0.2, 0) is 38.4 Å². The van der Waals surface area contributed by atoms with Crippen molar-refractivity contribution in [3.05, 3.63) is 122 Å². The molecule has 512 valence electrons. The first-order valence-corrected chi connectivity index (χ1v) is 35.2. The maximum Gasteiger partial charge on any atom is 0.311 e. The minimum absolute atomic E-state index is 0.0519. The Morgan fingerprint density at radius 1 is 0.436 bits per heavy atom. The number of hydrogen-bond acceptors (Lipinski definition) is 13. The predicted molar refractivity (Wildman–Crippen MR) is 370 cm³/mol. The zero-order chi connectivity index (χ0) is 68.0. The van der Waals surface area contributed by atoms with Crippen LogP contribution in [0.1, 0.15) is 220 Å². The number of phenols is 1. The molecule has 0 saturated heterocycles. The Bertz CT molecular complexity index is 2980. The molecular weight excluding hydrogens is 1190 g/mol. The fourth-order valence-electron chi connectivity index (χ4n) is 14.0. The molecule has 94 heavy (non-hydrogen) atoms. The van der Waals surface area contributed by atoms with Crippen molar-refractivity contribution in [2.75, 3.05) is 0 Å². The molecule has 0 spiro atoms. The number of carbonyl (C=O) groups is 8. The second kappa shape index (κ2) is 43.5. The van der Waals surface area contributed by atoms with Crippen molar-refractivity contribution >= 4 is 68.8 Å². The van der Waals surface area contributed by atoms with Gasteiger partial charge in [0.1, 0.15) is 39.9 Å². The molecular formula is C78H107N3O13. The van der Waals surface area contributed by atoms with Crippen LogP contribution in [0.25, 0.3) is 21.8 Å². The van der Waals surface area contributed by atoms with Gasteiger partial charge in [0, 0.05) is 110 Å². The van der Waals surface area contributed by atoms with Gasteiger partial charge in [-0.25, -0.2) is 0 Å². The second-order valence-electron chi connectivity index (χ2n) is 25.9. The average molecular weight is 1290 g/mol. The highest BCUT2D eigenvalue weighted by molar-refractivity contribution is 5.89. The first-order chi connectivity index (χ1) is 45.5. The first-order valence-electron chi connectivity index (χ1n) is 35.2. The number of para-hydroxylation sites is 2. The standard InChI is InChI=1S/C21H23NO3.C12H23N.3C12H18O3.C9H7NO/c1-2-3-4-9-17-16(11-12-18(17)23)14-20(24)25-19-10-5-7-15-8-6-13-22-21(15)19;1-3-7-11(8-4-1)13-12-9-5-2-6-10-12;3*1-2-3-4-5-10-9(8-12(14)15)6-7-11(10)13;11-8-5-1-3-7-4-2-6-10-9(7)8/h3-8,10,13,16-17H,2,9,11-12,14H2,1H3;11-13H,1-10H2;3*3-4,9-10H,2,5-8H2,1H3,(H,14,15);1-6,11H/b4-3-;;3*4-3-;. The Kier molecular flexibility index (Phi) is 35.8. The van der Waals surface area contributed by atoms with Gasteiger partial charge in [0.25, 0.3) is 0 Å². The largest absolute Gasteiger partial charge is 0.506 e. The zero-order valence-corrected chi connectivity index (χ0v) is 56.4. The number of esters is 1. The summed E-state index contributed by atoms with van der Waals surface area (Å²) in [5.74, 6) is -0.944. The number of phenolic OH excluding ortho intramolecular Hbond substituents is 1. The number of carbonyl (C=O) groups excluding carboxylic acids is 5. The third-order valence-electron chi connectivity index (χ3n) is 19.0. The molecule has 16 heteroatoms. The van der Waals surface area contributed by atoms with Gasteiger partial charge in [-0.05, 0) is 151 Å². The van der Waals surface area contributed by atoms with Gasteiger partial charge in [0.05, 0.1) is 0 Å². The lowest BCUT2D eigenvalue weighted by atomic mass is 9.89. The molecule has 8 unspecified atom stereocenters. The zero-order valence-electron chi connectivity index (χ0n) is 56.4. The maximum atomic E-state index is 12.4. The number of rotatable bonds is 23. The highest BCUT2D eigenvalue weighted by Gasteiger charge is 2.38. The molecule has 10 rings (SSSR count). The van der Waals surface area contributed by atoms with Gasteiger partial charge in [0.15, 0.2) is 5.75 Å². The third kappa shape index (κ3) is 27.5. The number of fused-ring (bicyclic) bond motifs is 2. The van der Waals surface area contributed by atoms with Crippen LogP contribution in [0.5, 0.6) is 11.5 Å². The van der Waals surface area contributed by atoms with Crippen LogP contribution in [0.2, 0.25) is 0 Å². The predicted octanol–water partition coefficient (Wildman–Crippen LogP) is 16.9. The number of nitrogens with one attached hydrogen (secondary N) is 1. The van der Waals surface area contributed by atoms with E-state index in [2.05, 4.69) is 34.4 Å². The number of benzene rings is 2. The Morgan fingerprint density at radius 2 is 0.766 bits per heavy atom. The van der Waals surface area contributed by atoms with E-state index >= 15 is 0 Å². The van der Waals surface area contributed by atoms with Crippen LogP contribution in [0.4, 0.5) is 0 Å². The smallest absolute Gasteiger partial charge is 0.311 e. The van der Waals surface area contributed by atoms with E-state index in [4.69, 9.17) is 20.1 Å². The van der Waals surface area contributed by atoms with Gasteiger partial charge >= 0.3 is 23.9 Å². The van der Waals surface area contributed by atoms with Crippen molar-refractivity contribution in [2.45, 2.75) is 232 Å². The molecule has 0 radical (unpaired) electrons. The molecule has 16 nitrogen and oxygen atoms in total. The number of ketones is 4. The number of pyridine rings is 2. The highest BCUT2D eigenvalue weighted by Crippen LogP contribution is 2.38. The Morgan fingerprint density at radius 3 is 1.12 bits per heavy atom. The Labute approximate surface area is 558 Å². The van der Waals surface area contributed by atoms with Crippen molar-refractivity contribution in [3.8, 4) is 11.5 Å². The van der Waals surface area contributed by atoms with Gasteiger partial charge in [-0.3, -0.25) is 48.3 Å². The van der Waals surface area contributed by atoms with Crippen LogP contribution in [0.15, 0.2) is 122 Å². The number of carboxylic acid groups (broad SMARTS) is 3. The lowest BCUT2D eigenvalue weighted by molar-refractivity contribution is -0.139. The van der Waals surface area contributed by atoms with Crippen molar-refractivity contribution in [3.63, 3.8) is 0 Å². The number of carboxylic acids is 3. The Hall–Kier alpha value is -7.46. The maximum absolute atomic E-state index is 12.4. The summed E-state index contributed by atoms with van der Waals surface area (Å²) in [6, 6.07) is 20.2. The summed E-state index contributed by atoms with van der Waals surface area (Å²) in [7, 11) is 0. The monoisotopic (exact) mass is 1290 g/mol. The fourth-order valence-corrected chi connectivity index (χ4v) is 14.0. The normalized spacial score (nSPS) is 23.1. The van der Waals surface area contributed by atoms with E-state index in [1.165, 1.54) is 64.2 Å². The van der Waals surface area contributed by atoms with E-state index in [0.29, 0.717) is 61.7 Å². The minimum Gasteiger partial charge on any atom is -0.506 e. The number of ether oxygens (including phenoxy) is 1. The number of aromatic nitrogens is 2. The summed E-state index contributed by atoms with van der Waals surface area (Å²) < 4.78 is 5.57. The number of allylic oxidation sites excluding steroid dienone is 8. The molecule has 6 aliphatic carbocycles. The minimum atomic E-state index is -0.792. The van der Waals surface area contributed by atoms with E-state index in [9.17, 15) is 43.5 Å². The van der Waals surface area contributed by atoms with Crippen LogP contribution in [0.3, 0.4) is 0 Å². The van der Waals surface area contributed by atoms with E-state index < -0.39 is 17.9 Å². The summed E-state index contributed by atoms with van der Waals surface area (Å²) in [4.78, 5) is 99.3.